The molecule has 7 rings (SSSR count). The summed E-state index contributed by atoms with van der Waals surface area (Å²) in [5, 5.41) is 5.30. The Morgan fingerprint density at radius 1 is 0.395 bits per heavy atom. The van der Waals surface area contributed by atoms with E-state index < -0.39 is 0 Å². The van der Waals surface area contributed by atoms with Crippen molar-refractivity contribution in [2.75, 3.05) is 0 Å². The van der Waals surface area contributed by atoms with E-state index >= 15 is 0 Å². The average molecular weight is 493 g/mol. The lowest BCUT2D eigenvalue weighted by molar-refractivity contribution is 1.01. The van der Waals surface area contributed by atoms with E-state index in [0.717, 1.165) is 0 Å². The standard InChI is InChI=1S/C36H32N2/c1-21-7-10-33-29(16-21)30-19-25(8-11-34(30)37(33)5)27-14-23(3)15-28(18-27)26-9-12-35-31(20-26)32-17-22(2)13-24(4)36(32)38(35)6/h7-20H,1-6H3. The van der Waals surface area contributed by atoms with Crippen molar-refractivity contribution < 1.29 is 0 Å². The predicted octanol–water partition coefficient (Wildman–Crippen LogP) is 9.54. The lowest BCUT2D eigenvalue weighted by Crippen LogP contribution is -1.90. The van der Waals surface area contributed by atoms with Crippen molar-refractivity contribution in [3.63, 3.8) is 0 Å². The third kappa shape index (κ3) is 3.33. The molecule has 0 unspecified atom stereocenters. The molecule has 0 bridgehead atoms. The molecule has 186 valence electrons. The number of benzene rings is 5. The van der Waals surface area contributed by atoms with Gasteiger partial charge in [-0.15, -0.1) is 0 Å². The number of hydrogen-bond donors (Lipinski definition) is 0. The van der Waals surface area contributed by atoms with Gasteiger partial charge in [0.25, 0.3) is 0 Å². The molecule has 0 spiro atoms. The van der Waals surface area contributed by atoms with E-state index in [1.165, 1.54) is 88.1 Å². The maximum absolute atomic E-state index is 2.38. The number of aryl methyl sites for hydroxylation is 6. The van der Waals surface area contributed by atoms with Gasteiger partial charge in [0.1, 0.15) is 0 Å². The molecule has 0 amide bonds. The van der Waals surface area contributed by atoms with E-state index in [1.54, 1.807) is 0 Å². The summed E-state index contributed by atoms with van der Waals surface area (Å²) in [7, 11) is 4.35. The fourth-order valence-electron chi connectivity index (χ4n) is 6.58. The summed E-state index contributed by atoms with van der Waals surface area (Å²) in [5.74, 6) is 0. The molecule has 2 heterocycles. The van der Waals surface area contributed by atoms with Gasteiger partial charge in [0.15, 0.2) is 0 Å². The largest absolute Gasteiger partial charge is 0.344 e. The summed E-state index contributed by atoms with van der Waals surface area (Å²) in [5.41, 5.74) is 15.4. The van der Waals surface area contributed by atoms with Crippen LogP contribution in [0.25, 0.3) is 65.9 Å². The lowest BCUT2D eigenvalue weighted by atomic mass is 9.94. The molecule has 0 N–H and O–H groups in total. The topological polar surface area (TPSA) is 9.86 Å². The molecule has 0 atom stereocenters. The highest BCUT2D eigenvalue weighted by Crippen LogP contribution is 2.37. The Labute approximate surface area is 223 Å². The first kappa shape index (κ1) is 22.9. The monoisotopic (exact) mass is 492 g/mol. The van der Waals surface area contributed by atoms with Crippen LogP contribution in [0.5, 0.6) is 0 Å². The van der Waals surface area contributed by atoms with Gasteiger partial charge in [-0.1, -0.05) is 47.5 Å². The molecule has 2 aromatic heterocycles. The van der Waals surface area contributed by atoms with Gasteiger partial charge in [-0.3, -0.25) is 0 Å². The van der Waals surface area contributed by atoms with Crippen molar-refractivity contribution in [1.29, 1.82) is 0 Å². The van der Waals surface area contributed by atoms with Gasteiger partial charge in [0, 0.05) is 52.2 Å². The number of fused-ring (bicyclic) bond motifs is 6. The van der Waals surface area contributed by atoms with Crippen molar-refractivity contribution in [2.24, 2.45) is 14.1 Å². The first-order valence-electron chi connectivity index (χ1n) is 13.4. The van der Waals surface area contributed by atoms with Crippen molar-refractivity contribution in [2.45, 2.75) is 27.7 Å². The zero-order valence-corrected chi connectivity index (χ0v) is 23.0. The van der Waals surface area contributed by atoms with E-state index in [0.29, 0.717) is 0 Å². The van der Waals surface area contributed by atoms with Crippen LogP contribution in [0.2, 0.25) is 0 Å². The summed E-state index contributed by atoms with van der Waals surface area (Å²) in [6.07, 6.45) is 0. The molecular weight excluding hydrogens is 460 g/mol. The Morgan fingerprint density at radius 3 is 1.55 bits per heavy atom. The number of nitrogens with zero attached hydrogens (tertiary/aromatic N) is 2. The summed E-state index contributed by atoms with van der Waals surface area (Å²) < 4.78 is 4.64. The minimum absolute atomic E-state index is 1.26. The molecular formula is C36H32N2. The van der Waals surface area contributed by atoms with E-state index in [2.05, 4.69) is 136 Å². The van der Waals surface area contributed by atoms with Gasteiger partial charge < -0.3 is 9.13 Å². The van der Waals surface area contributed by atoms with Crippen molar-refractivity contribution in [1.82, 2.24) is 9.13 Å². The molecule has 0 aliphatic heterocycles. The summed E-state index contributed by atoms with van der Waals surface area (Å²) in [4.78, 5) is 0. The SMILES string of the molecule is Cc1cc(-c2ccc3c(c2)c2cc(C)ccc2n3C)cc(-c2ccc3c(c2)c2cc(C)cc(C)c2n3C)c1. The Kier molecular flexibility index (Phi) is 4.87. The fraction of sp³-hybridized carbons (Fsp3) is 0.167. The van der Waals surface area contributed by atoms with Gasteiger partial charge in [-0.2, -0.15) is 0 Å². The van der Waals surface area contributed by atoms with Gasteiger partial charge in [-0.25, -0.2) is 0 Å². The molecule has 0 radical (unpaired) electrons. The molecule has 38 heavy (non-hydrogen) atoms. The van der Waals surface area contributed by atoms with Crippen LogP contribution in [0, 0.1) is 27.7 Å². The van der Waals surface area contributed by atoms with Crippen molar-refractivity contribution in [3.05, 3.63) is 107 Å². The molecule has 0 saturated heterocycles. The molecule has 7 aromatic rings. The predicted molar refractivity (Wildman–Crippen MR) is 164 cm³/mol. The molecule has 0 fully saturated rings. The molecule has 2 nitrogen and oxygen atoms in total. The maximum atomic E-state index is 2.38. The number of rotatable bonds is 2. The van der Waals surface area contributed by atoms with Gasteiger partial charge in [0.2, 0.25) is 0 Å². The average Bonchev–Trinajstić information content (AvgIpc) is 3.33. The molecule has 2 heteroatoms. The minimum atomic E-state index is 1.26. The second-order valence-corrected chi connectivity index (χ2v) is 11.2. The van der Waals surface area contributed by atoms with Crippen LogP contribution in [0.15, 0.2) is 84.9 Å². The van der Waals surface area contributed by atoms with Crippen LogP contribution in [0.1, 0.15) is 22.3 Å². The van der Waals surface area contributed by atoms with Crippen molar-refractivity contribution in [3.8, 4) is 22.3 Å². The van der Waals surface area contributed by atoms with E-state index in [9.17, 15) is 0 Å². The second-order valence-electron chi connectivity index (χ2n) is 11.2. The highest BCUT2D eigenvalue weighted by molar-refractivity contribution is 6.11. The molecule has 5 aromatic carbocycles. The minimum Gasteiger partial charge on any atom is -0.344 e. The summed E-state index contributed by atoms with van der Waals surface area (Å²) in [6, 6.07) is 32.2. The molecule has 0 aliphatic rings. The Morgan fingerprint density at radius 2 is 0.895 bits per heavy atom. The highest BCUT2D eigenvalue weighted by atomic mass is 14.9. The summed E-state index contributed by atoms with van der Waals surface area (Å²) >= 11 is 0. The zero-order valence-electron chi connectivity index (χ0n) is 23.0. The van der Waals surface area contributed by atoms with E-state index in [-0.39, 0.29) is 0 Å². The highest BCUT2D eigenvalue weighted by Gasteiger charge is 2.14. The third-order valence-corrected chi connectivity index (χ3v) is 8.33. The Hall–Kier alpha value is -4.30. The van der Waals surface area contributed by atoms with Crippen LogP contribution in [-0.4, -0.2) is 9.13 Å². The maximum Gasteiger partial charge on any atom is 0.0518 e. The van der Waals surface area contributed by atoms with Crippen LogP contribution < -0.4 is 0 Å². The molecule has 0 saturated carbocycles. The van der Waals surface area contributed by atoms with E-state index in [4.69, 9.17) is 0 Å². The van der Waals surface area contributed by atoms with Crippen molar-refractivity contribution >= 4 is 43.6 Å². The first-order chi connectivity index (χ1) is 18.3. The second kappa shape index (κ2) is 8.10. The van der Waals surface area contributed by atoms with Crippen LogP contribution in [-0.2, 0) is 14.1 Å². The van der Waals surface area contributed by atoms with Crippen LogP contribution >= 0.6 is 0 Å². The van der Waals surface area contributed by atoms with Crippen LogP contribution in [0.3, 0.4) is 0 Å². The Balaban J connectivity index is 1.41. The van der Waals surface area contributed by atoms with Gasteiger partial charge in [0.05, 0.1) is 5.52 Å². The quantitative estimate of drug-likeness (QED) is 0.227. The normalized spacial score (nSPS) is 11.9. The van der Waals surface area contributed by atoms with Gasteiger partial charge >= 0.3 is 0 Å². The number of hydrogen-bond acceptors (Lipinski definition) is 0. The first-order valence-corrected chi connectivity index (χ1v) is 13.4. The Bertz CT molecular complexity index is 2080. The third-order valence-electron chi connectivity index (χ3n) is 8.33. The van der Waals surface area contributed by atoms with Gasteiger partial charge in [-0.05, 0) is 110 Å². The van der Waals surface area contributed by atoms with Crippen LogP contribution in [0.4, 0.5) is 0 Å². The zero-order chi connectivity index (χ0) is 26.3. The lowest BCUT2D eigenvalue weighted by Gasteiger charge is -2.10. The smallest absolute Gasteiger partial charge is 0.0518 e. The number of aromatic nitrogens is 2. The summed E-state index contributed by atoms with van der Waals surface area (Å²) in [6.45, 7) is 8.78. The molecule has 0 aliphatic carbocycles. The fourth-order valence-corrected chi connectivity index (χ4v) is 6.58. The van der Waals surface area contributed by atoms with E-state index in [1.807, 2.05) is 0 Å².